The van der Waals surface area contributed by atoms with Gasteiger partial charge in [-0.2, -0.15) is 0 Å². The average molecular weight is 343 g/mol. The van der Waals surface area contributed by atoms with Crippen LogP contribution in [0.2, 0.25) is 0 Å². The zero-order valence-electron chi connectivity index (χ0n) is 12.3. The minimum atomic E-state index is -3.22. The van der Waals surface area contributed by atoms with Crippen molar-refractivity contribution in [2.45, 2.75) is 11.4 Å². The van der Waals surface area contributed by atoms with Gasteiger partial charge in [-0.15, -0.1) is 11.3 Å². The Bertz CT molecular complexity index is 1130. The molecule has 23 heavy (non-hydrogen) atoms. The van der Waals surface area contributed by atoms with E-state index in [0.29, 0.717) is 17.0 Å². The summed E-state index contributed by atoms with van der Waals surface area (Å²) in [6.45, 7) is 0.683. The molecule has 0 bridgehead atoms. The third kappa shape index (κ3) is 2.62. The van der Waals surface area contributed by atoms with Crippen LogP contribution in [0.15, 0.2) is 53.1 Å². The van der Waals surface area contributed by atoms with Gasteiger partial charge in [0, 0.05) is 12.8 Å². The number of hydrogen-bond donors (Lipinski definition) is 0. The number of fused-ring (bicyclic) bond motifs is 2. The number of hydrogen-bond acceptors (Lipinski definition) is 5. The molecule has 7 heteroatoms. The van der Waals surface area contributed by atoms with Crippen LogP contribution >= 0.6 is 11.3 Å². The maximum absolute atomic E-state index is 11.6. The van der Waals surface area contributed by atoms with Crippen LogP contribution in [0.25, 0.3) is 21.3 Å². The van der Waals surface area contributed by atoms with Gasteiger partial charge in [0.25, 0.3) is 0 Å². The number of sulfone groups is 1. The fourth-order valence-corrected chi connectivity index (χ4v) is 3.98. The third-order valence-corrected chi connectivity index (χ3v) is 5.67. The van der Waals surface area contributed by atoms with Crippen molar-refractivity contribution in [3.8, 4) is 0 Å². The van der Waals surface area contributed by atoms with Crippen LogP contribution in [0.1, 0.15) is 5.56 Å². The molecule has 0 saturated heterocycles. The molecule has 0 atom stereocenters. The van der Waals surface area contributed by atoms with Crippen LogP contribution in [0, 0.1) is 0 Å². The summed E-state index contributed by atoms with van der Waals surface area (Å²) in [6.07, 6.45) is 2.95. The van der Waals surface area contributed by atoms with E-state index in [4.69, 9.17) is 0 Å². The molecule has 0 aliphatic rings. The summed E-state index contributed by atoms with van der Waals surface area (Å²) < 4.78 is 26.4. The van der Waals surface area contributed by atoms with E-state index in [2.05, 4.69) is 22.1 Å². The first kappa shape index (κ1) is 14.3. The zero-order chi connectivity index (χ0) is 16.0. The van der Waals surface area contributed by atoms with Crippen molar-refractivity contribution >= 4 is 42.4 Å². The molecular weight excluding hydrogens is 330 g/mol. The first-order valence-corrected chi connectivity index (χ1v) is 9.75. The maximum atomic E-state index is 11.6. The molecule has 0 N–H and O–H groups in total. The van der Waals surface area contributed by atoms with Crippen LogP contribution in [0.3, 0.4) is 0 Å². The highest BCUT2D eigenvalue weighted by Gasteiger charge is 2.11. The number of nitrogens with zero attached hydrogens (tertiary/aromatic N) is 3. The average Bonchev–Trinajstić information content (AvgIpc) is 3.12. The molecule has 2 aromatic heterocycles. The molecule has 0 unspecified atom stereocenters. The predicted molar refractivity (Wildman–Crippen MR) is 91.6 cm³/mol. The van der Waals surface area contributed by atoms with Gasteiger partial charge in [0.2, 0.25) is 0 Å². The topological polar surface area (TPSA) is 64.8 Å². The largest absolute Gasteiger partial charge is 0.326 e. The first-order valence-electron chi connectivity index (χ1n) is 6.98. The lowest BCUT2D eigenvalue weighted by atomic mass is 10.2. The fraction of sp³-hybridized carbons (Fsp3) is 0.125. The van der Waals surface area contributed by atoms with Gasteiger partial charge < -0.3 is 4.57 Å². The first-order chi connectivity index (χ1) is 11.0. The van der Waals surface area contributed by atoms with Crippen molar-refractivity contribution in [1.29, 1.82) is 0 Å². The van der Waals surface area contributed by atoms with Gasteiger partial charge >= 0.3 is 0 Å². The lowest BCUT2D eigenvalue weighted by molar-refractivity contribution is 0.602. The Hall–Kier alpha value is -2.25. The fourth-order valence-electron chi connectivity index (χ4n) is 2.59. The van der Waals surface area contributed by atoms with Crippen molar-refractivity contribution in [2.24, 2.45) is 0 Å². The Morgan fingerprint density at radius 3 is 2.78 bits per heavy atom. The van der Waals surface area contributed by atoms with Gasteiger partial charge in [-0.05, 0) is 35.9 Å². The summed E-state index contributed by atoms with van der Waals surface area (Å²) in [4.78, 5) is 8.90. The summed E-state index contributed by atoms with van der Waals surface area (Å²) in [6, 6.07) is 11.3. The minimum Gasteiger partial charge on any atom is -0.326 e. The zero-order valence-corrected chi connectivity index (χ0v) is 13.9. The van der Waals surface area contributed by atoms with E-state index < -0.39 is 9.84 Å². The molecule has 116 valence electrons. The van der Waals surface area contributed by atoms with Crippen molar-refractivity contribution in [3.05, 3.63) is 53.8 Å². The highest BCUT2D eigenvalue weighted by Crippen LogP contribution is 2.22. The quantitative estimate of drug-likeness (QED) is 0.573. The molecular formula is C16H13N3O2S2. The highest BCUT2D eigenvalue weighted by atomic mass is 32.2. The van der Waals surface area contributed by atoms with Crippen LogP contribution in [0.5, 0.6) is 0 Å². The van der Waals surface area contributed by atoms with E-state index in [9.17, 15) is 8.42 Å². The normalized spacial score (nSPS) is 12.2. The lowest BCUT2D eigenvalue weighted by Crippen LogP contribution is -1.99. The third-order valence-electron chi connectivity index (χ3n) is 3.77. The SMILES string of the molecule is CS(=O)(=O)c1ccc2c(c1)ncn2Cc1ccc2ncsc2c1. The second-order valence-electron chi connectivity index (χ2n) is 5.45. The van der Waals surface area contributed by atoms with Gasteiger partial charge in [0.05, 0.1) is 38.0 Å². The molecule has 4 aromatic rings. The second-order valence-corrected chi connectivity index (χ2v) is 8.35. The number of thiazole rings is 1. The molecule has 5 nitrogen and oxygen atoms in total. The molecule has 0 aliphatic heterocycles. The van der Waals surface area contributed by atoms with Crippen molar-refractivity contribution in [1.82, 2.24) is 14.5 Å². The van der Waals surface area contributed by atoms with Crippen LogP contribution in [-0.2, 0) is 16.4 Å². The Morgan fingerprint density at radius 1 is 1.09 bits per heavy atom. The van der Waals surface area contributed by atoms with E-state index in [-0.39, 0.29) is 0 Å². The molecule has 0 radical (unpaired) electrons. The number of imidazole rings is 1. The van der Waals surface area contributed by atoms with E-state index >= 15 is 0 Å². The molecule has 0 aliphatic carbocycles. The molecule has 2 heterocycles. The minimum absolute atomic E-state index is 0.293. The smallest absolute Gasteiger partial charge is 0.175 e. The van der Waals surface area contributed by atoms with Gasteiger partial charge in [0.15, 0.2) is 9.84 Å². The molecule has 0 fully saturated rings. The number of aromatic nitrogens is 3. The Labute approximate surface area is 137 Å². The summed E-state index contributed by atoms with van der Waals surface area (Å²) in [5.41, 5.74) is 5.61. The number of rotatable bonds is 3. The number of benzene rings is 2. The summed E-state index contributed by atoms with van der Waals surface area (Å²) in [5, 5.41) is 0. The molecule has 4 rings (SSSR count). The Balaban J connectivity index is 1.74. The van der Waals surface area contributed by atoms with Crippen LogP contribution in [-0.4, -0.2) is 29.2 Å². The Kier molecular flexibility index (Phi) is 3.21. The van der Waals surface area contributed by atoms with Crippen molar-refractivity contribution in [3.63, 3.8) is 0 Å². The van der Waals surface area contributed by atoms with E-state index in [1.165, 1.54) is 6.26 Å². The van der Waals surface area contributed by atoms with Gasteiger partial charge in [-0.25, -0.2) is 18.4 Å². The lowest BCUT2D eigenvalue weighted by Gasteiger charge is -2.05. The monoisotopic (exact) mass is 343 g/mol. The van der Waals surface area contributed by atoms with Gasteiger partial charge in [-0.1, -0.05) is 6.07 Å². The van der Waals surface area contributed by atoms with Crippen LogP contribution < -0.4 is 0 Å². The molecule has 0 amide bonds. The van der Waals surface area contributed by atoms with Crippen molar-refractivity contribution < 1.29 is 8.42 Å². The summed E-state index contributed by atoms with van der Waals surface area (Å²) in [7, 11) is -3.22. The molecule has 2 aromatic carbocycles. The molecule has 0 spiro atoms. The molecule has 0 saturated carbocycles. The highest BCUT2D eigenvalue weighted by molar-refractivity contribution is 7.90. The second kappa shape index (κ2) is 5.14. The van der Waals surface area contributed by atoms with Crippen LogP contribution in [0.4, 0.5) is 0 Å². The summed E-state index contributed by atoms with van der Waals surface area (Å²) >= 11 is 1.62. The van der Waals surface area contributed by atoms with E-state index in [1.807, 2.05) is 22.2 Å². The van der Waals surface area contributed by atoms with E-state index in [0.717, 1.165) is 21.3 Å². The van der Waals surface area contributed by atoms with Gasteiger partial charge in [0.1, 0.15) is 0 Å². The van der Waals surface area contributed by atoms with E-state index in [1.54, 1.807) is 29.8 Å². The van der Waals surface area contributed by atoms with Gasteiger partial charge in [-0.3, -0.25) is 0 Å². The maximum Gasteiger partial charge on any atom is 0.175 e. The summed E-state index contributed by atoms with van der Waals surface area (Å²) in [5.74, 6) is 0. The standard InChI is InChI=1S/C16H13N3O2S2/c1-23(20,21)12-3-5-15-14(7-12)17-9-19(15)8-11-2-4-13-16(6-11)22-10-18-13/h2-7,9-10H,8H2,1H3. The van der Waals surface area contributed by atoms with Crippen molar-refractivity contribution in [2.75, 3.05) is 6.26 Å². The predicted octanol–water partition coefficient (Wildman–Crippen LogP) is 3.10. The Morgan fingerprint density at radius 2 is 1.96 bits per heavy atom.